The molecular weight excluding hydrogens is 553 g/mol. The third-order valence-electron chi connectivity index (χ3n) is 9.46. The average molecular weight is 633 g/mol. The third-order valence-corrected chi connectivity index (χ3v) is 11.3. The number of quaternary nitrogens is 1. The quantitative estimate of drug-likeness (QED) is 0.0382. The van der Waals surface area contributed by atoms with Crippen LogP contribution < -0.4 is 0 Å². The summed E-state index contributed by atoms with van der Waals surface area (Å²) in [5.74, 6) is -1.08. The molecule has 0 heterocycles. The first-order valence-corrected chi connectivity index (χ1v) is 20.8. The highest BCUT2D eigenvalue weighted by atomic mass is 31.2. The molecule has 0 saturated carbocycles. The number of aliphatic hydroxyl groups is 1. The Balaban J connectivity index is 4.31. The van der Waals surface area contributed by atoms with Crippen molar-refractivity contribution in [1.29, 1.82) is 0 Å². The van der Waals surface area contributed by atoms with E-state index >= 15 is 0 Å². The van der Waals surface area contributed by atoms with Gasteiger partial charge in [-0.1, -0.05) is 194 Å². The topological polar surface area (TPSA) is 77.8 Å². The molecule has 3 N–H and O–H groups in total. The summed E-state index contributed by atoms with van der Waals surface area (Å²) < 4.78 is 12.7. The molecule has 0 aromatic rings. The van der Waals surface area contributed by atoms with Gasteiger partial charge in [0, 0.05) is 0 Å². The van der Waals surface area contributed by atoms with E-state index in [0.717, 1.165) is 38.5 Å². The molecule has 1 unspecified atom stereocenters. The lowest BCUT2D eigenvalue weighted by Crippen LogP contribution is -2.58. The van der Waals surface area contributed by atoms with Gasteiger partial charge in [0.1, 0.15) is 5.60 Å². The Morgan fingerprint density at radius 1 is 0.465 bits per heavy atom. The standard InChI is InChI=1S/C37H78NO4P/c1-6-8-10-12-14-16-18-20-22-24-26-28-30-32-34-37(39,36(38(3,4)5)43(40,41)42)35-33-31-29-27-25-23-21-19-17-15-13-11-9-7-2/h36,39H,6-35H2,1-5H3,(H-,40,41,42)/p+1. The summed E-state index contributed by atoms with van der Waals surface area (Å²) in [4.78, 5) is 20.6. The molecule has 0 bridgehead atoms. The van der Waals surface area contributed by atoms with Crippen molar-refractivity contribution in [3.8, 4) is 0 Å². The lowest BCUT2D eigenvalue weighted by Gasteiger charge is -2.44. The summed E-state index contributed by atoms with van der Waals surface area (Å²) in [6.07, 6.45) is 36.6. The fraction of sp³-hybridized carbons (Fsp3) is 1.00. The van der Waals surface area contributed by atoms with Crippen LogP contribution in [0.25, 0.3) is 0 Å². The maximum atomic E-state index is 12.6. The van der Waals surface area contributed by atoms with Crippen molar-refractivity contribution in [3.63, 3.8) is 0 Å². The second kappa shape index (κ2) is 27.2. The zero-order chi connectivity index (χ0) is 32.3. The molecule has 43 heavy (non-hydrogen) atoms. The summed E-state index contributed by atoms with van der Waals surface area (Å²) in [6, 6.07) is 0. The highest BCUT2D eigenvalue weighted by Crippen LogP contribution is 2.52. The first-order chi connectivity index (χ1) is 20.5. The maximum absolute atomic E-state index is 12.6. The van der Waals surface area contributed by atoms with Crippen molar-refractivity contribution in [2.24, 2.45) is 0 Å². The molecular formula is C37H79NO4P+. The number of rotatable bonds is 33. The molecule has 0 rings (SSSR count). The predicted octanol–water partition coefficient (Wildman–Crippen LogP) is 11.7. The Hall–Kier alpha value is 0.0700. The van der Waals surface area contributed by atoms with Crippen molar-refractivity contribution in [3.05, 3.63) is 0 Å². The van der Waals surface area contributed by atoms with Gasteiger partial charge in [-0.05, 0) is 12.8 Å². The monoisotopic (exact) mass is 633 g/mol. The zero-order valence-electron chi connectivity index (χ0n) is 29.9. The van der Waals surface area contributed by atoms with Gasteiger partial charge >= 0.3 is 7.60 Å². The van der Waals surface area contributed by atoms with E-state index in [0.29, 0.717) is 12.8 Å². The van der Waals surface area contributed by atoms with Gasteiger partial charge in [0.2, 0.25) is 5.78 Å². The van der Waals surface area contributed by atoms with E-state index in [2.05, 4.69) is 13.8 Å². The van der Waals surface area contributed by atoms with Crippen LogP contribution in [0.1, 0.15) is 206 Å². The Bertz CT molecular complexity index is 613. The van der Waals surface area contributed by atoms with E-state index in [1.165, 1.54) is 141 Å². The number of hydrogen-bond donors (Lipinski definition) is 3. The SMILES string of the molecule is CCCCCCCCCCCCCCCCC(O)(CCCCCCCCCCCCCCCC)C([N+](C)(C)C)P(=O)(O)O. The highest BCUT2D eigenvalue weighted by Gasteiger charge is 2.54. The minimum absolute atomic E-state index is 0.0813. The molecule has 260 valence electrons. The molecule has 5 nitrogen and oxygen atoms in total. The number of hydrogen-bond acceptors (Lipinski definition) is 2. The Kier molecular flexibility index (Phi) is 27.3. The lowest BCUT2D eigenvalue weighted by molar-refractivity contribution is -0.890. The van der Waals surface area contributed by atoms with Crippen molar-refractivity contribution < 1.29 is 23.9 Å². The van der Waals surface area contributed by atoms with Crippen LogP contribution in [0.5, 0.6) is 0 Å². The van der Waals surface area contributed by atoms with Gasteiger partial charge in [-0.3, -0.25) is 4.57 Å². The van der Waals surface area contributed by atoms with Crippen molar-refractivity contribution in [2.75, 3.05) is 21.1 Å². The molecule has 0 amide bonds. The van der Waals surface area contributed by atoms with Gasteiger partial charge in [0.15, 0.2) is 0 Å². The van der Waals surface area contributed by atoms with E-state index in [4.69, 9.17) is 0 Å². The van der Waals surface area contributed by atoms with Crippen LogP contribution in [0.15, 0.2) is 0 Å². The van der Waals surface area contributed by atoms with Crippen LogP contribution in [0.4, 0.5) is 0 Å². The second-order valence-corrected chi connectivity index (χ2v) is 16.5. The first kappa shape index (κ1) is 43.1. The van der Waals surface area contributed by atoms with E-state index in [9.17, 15) is 19.5 Å². The Morgan fingerprint density at radius 3 is 0.860 bits per heavy atom. The molecule has 0 radical (unpaired) electrons. The van der Waals surface area contributed by atoms with Crippen LogP contribution in [-0.2, 0) is 4.57 Å². The second-order valence-electron chi connectivity index (χ2n) is 14.9. The average Bonchev–Trinajstić information content (AvgIpc) is 2.92. The largest absolute Gasteiger partial charge is 0.385 e. The fourth-order valence-electron chi connectivity index (χ4n) is 7.12. The summed E-state index contributed by atoms with van der Waals surface area (Å²) in [5, 5.41) is 11.8. The van der Waals surface area contributed by atoms with Crippen LogP contribution in [0.2, 0.25) is 0 Å². The summed E-state index contributed by atoms with van der Waals surface area (Å²) in [6.45, 7) is 4.54. The lowest BCUT2D eigenvalue weighted by atomic mass is 9.88. The predicted molar refractivity (Wildman–Crippen MR) is 189 cm³/mol. The van der Waals surface area contributed by atoms with Crippen molar-refractivity contribution in [1.82, 2.24) is 0 Å². The van der Waals surface area contributed by atoms with Gasteiger partial charge in [-0.15, -0.1) is 0 Å². The summed E-state index contributed by atoms with van der Waals surface area (Å²) in [5.41, 5.74) is -1.33. The summed E-state index contributed by atoms with van der Waals surface area (Å²) >= 11 is 0. The molecule has 0 aliphatic heterocycles. The maximum Gasteiger partial charge on any atom is 0.385 e. The highest BCUT2D eigenvalue weighted by molar-refractivity contribution is 7.52. The van der Waals surface area contributed by atoms with Gasteiger partial charge in [0.25, 0.3) is 0 Å². The normalized spacial score (nSPS) is 13.6. The van der Waals surface area contributed by atoms with E-state index < -0.39 is 19.0 Å². The van der Waals surface area contributed by atoms with Crippen LogP contribution in [0.3, 0.4) is 0 Å². The van der Waals surface area contributed by atoms with Crippen molar-refractivity contribution >= 4 is 7.60 Å². The van der Waals surface area contributed by atoms with Gasteiger partial charge in [-0.2, -0.15) is 0 Å². The molecule has 0 aliphatic carbocycles. The zero-order valence-corrected chi connectivity index (χ0v) is 30.8. The Labute approximate surface area is 270 Å². The van der Waals surface area contributed by atoms with Crippen LogP contribution in [-0.4, -0.2) is 51.9 Å². The van der Waals surface area contributed by atoms with Crippen molar-refractivity contribution in [2.45, 2.75) is 218 Å². The molecule has 0 saturated heterocycles. The van der Waals surface area contributed by atoms with Gasteiger partial charge < -0.3 is 19.4 Å². The Morgan fingerprint density at radius 2 is 0.674 bits per heavy atom. The van der Waals surface area contributed by atoms with E-state index in [1.54, 1.807) is 0 Å². The van der Waals surface area contributed by atoms with Crippen LogP contribution >= 0.6 is 7.60 Å². The molecule has 0 aliphatic rings. The van der Waals surface area contributed by atoms with Gasteiger partial charge in [-0.25, -0.2) is 0 Å². The summed E-state index contributed by atoms with van der Waals surface area (Å²) in [7, 11) is 0.959. The van der Waals surface area contributed by atoms with Gasteiger partial charge in [0.05, 0.1) is 21.1 Å². The minimum atomic E-state index is -4.47. The molecule has 0 aromatic heterocycles. The number of unbranched alkanes of at least 4 members (excludes halogenated alkanes) is 26. The minimum Gasteiger partial charge on any atom is -0.383 e. The molecule has 1 atom stereocenters. The van der Waals surface area contributed by atoms with E-state index in [-0.39, 0.29) is 4.48 Å². The molecule has 6 heteroatoms. The fourth-order valence-corrected chi connectivity index (χ4v) is 8.91. The molecule has 0 fully saturated rings. The third kappa shape index (κ3) is 24.9. The molecule has 0 aromatic carbocycles. The first-order valence-electron chi connectivity index (χ1n) is 19.1. The number of nitrogens with zero attached hydrogens (tertiary/aromatic N) is 1. The van der Waals surface area contributed by atoms with E-state index in [1.807, 2.05) is 21.1 Å². The van der Waals surface area contributed by atoms with Crippen LogP contribution in [0, 0.1) is 0 Å². The molecule has 0 spiro atoms. The number of likely N-dealkylation sites (N-methyl/N-ethyl adjacent to an activating group) is 1. The smallest absolute Gasteiger partial charge is 0.383 e.